The van der Waals surface area contributed by atoms with Gasteiger partial charge in [0.25, 0.3) is 10.1 Å². The van der Waals surface area contributed by atoms with Crippen LogP contribution in [0.25, 0.3) is 0 Å². The second-order valence-electron chi connectivity index (χ2n) is 5.76. The molecule has 5 nitrogen and oxygen atoms in total. The lowest BCUT2D eigenvalue weighted by atomic mass is 9.50. The van der Waals surface area contributed by atoms with Crippen LogP contribution >= 0.6 is 0 Å². The summed E-state index contributed by atoms with van der Waals surface area (Å²) in [5, 5.41) is 9.14. The van der Waals surface area contributed by atoms with Crippen molar-refractivity contribution in [1.29, 1.82) is 5.26 Å². The molecule has 4 saturated carbocycles. The molecule has 6 atom stereocenters. The summed E-state index contributed by atoms with van der Waals surface area (Å²) in [6.07, 6.45) is 2.59. The summed E-state index contributed by atoms with van der Waals surface area (Å²) >= 11 is 0. The maximum atomic E-state index is 12.2. The maximum Gasteiger partial charge on any atom is 0.264 e. The lowest BCUT2D eigenvalue weighted by Gasteiger charge is -2.54. The molecule has 98 valence electrons. The third-order valence-electron chi connectivity index (χ3n) is 4.69. The zero-order valence-electron chi connectivity index (χ0n) is 10.1. The second-order valence-corrected chi connectivity index (χ2v) is 7.36. The van der Waals surface area contributed by atoms with Crippen molar-refractivity contribution in [2.24, 2.45) is 29.6 Å². The van der Waals surface area contributed by atoms with Gasteiger partial charge in [-0.1, -0.05) is 0 Å². The van der Waals surface area contributed by atoms with Gasteiger partial charge in [-0.3, -0.25) is 8.98 Å². The fourth-order valence-corrected chi connectivity index (χ4v) is 4.82. The van der Waals surface area contributed by atoms with E-state index >= 15 is 0 Å². The normalized spacial score (nSPS) is 46.1. The van der Waals surface area contributed by atoms with Crippen LogP contribution in [-0.2, 0) is 19.1 Å². The number of hydrogen-bond acceptors (Lipinski definition) is 5. The number of hydrogen-bond donors (Lipinski definition) is 0. The van der Waals surface area contributed by atoms with E-state index < -0.39 is 16.2 Å². The van der Waals surface area contributed by atoms with E-state index in [2.05, 4.69) is 6.07 Å². The minimum Gasteiger partial charge on any atom is -0.299 e. The molecule has 0 aliphatic heterocycles. The summed E-state index contributed by atoms with van der Waals surface area (Å²) < 4.78 is 27.7. The SMILES string of the molecule is CS(=O)(=O)O[C@H]1C2CC3CC1C(=O)C(C2)[C@@H]3C#N. The molecule has 0 aromatic rings. The fourth-order valence-electron chi connectivity index (χ4n) is 4.12. The summed E-state index contributed by atoms with van der Waals surface area (Å²) in [6, 6.07) is 2.26. The van der Waals surface area contributed by atoms with Crippen LogP contribution in [0.2, 0.25) is 0 Å². The van der Waals surface area contributed by atoms with Gasteiger partial charge in [0.1, 0.15) is 5.78 Å². The number of carbonyl (C=O) groups is 1. The van der Waals surface area contributed by atoms with Crippen molar-refractivity contribution >= 4 is 15.9 Å². The van der Waals surface area contributed by atoms with Gasteiger partial charge >= 0.3 is 0 Å². The third kappa shape index (κ3) is 1.69. The van der Waals surface area contributed by atoms with E-state index in [9.17, 15) is 13.2 Å². The van der Waals surface area contributed by atoms with Crippen LogP contribution in [0.5, 0.6) is 0 Å². The van der Waals surface area contributed by atoms with Gasteiger partial charge in [0.05, 0.1) is 24.3 Å². The van der Waals surface area contributed by atoms with E-state index in [1.54, 1.807) is 0 Å². The molecule has 6 heteroatoms. The molecule has 4 aliphatic carbocycles. The first-order chi connectivity index (χ1) is 8.40. The number of nitriles is 1. The molecule has 4 rings (SSSR count). The molecule has 0 spiro atoms. The Morgan fingerprint density at radius 1 is 1.22 bits per heavy atom. The van der Waals surface area contributed by atoms with Crippen LogP contribution in [0.15, 0.2) is 0 Å². The van der Waals surface area contributed by atoms with Gasteiger partial charge in [0, 0.05) is 11.8 Å². The van der Waals surface area contributed by atoms with Crippen molar-refractivity contribution in [2.45, 2.75) is 25.4 Å². The zero-order valence-corrected chi connectivity index (χ0v) is 10.9. The Bertz CT molecular complexity index is 535. The molecule has 4 fully saturated rings. The van der Waals surface area contributed by atoms with E-state index in [0.717, 1.165) is 12.7 Å². The van der Waals surface area contributed by atoms with Crippen LogP contribution in [0.3, 0.4) is 0 Å². The highest BCUT2D eigenvalue weighted by atomic mass is 32.2. The second kappa shape index (κ2) is 3.78. The highest BCUT2D eigenvalue weighted by molar-refractivity contribution is 7.86. The molecule has 0 radical (unpaired) electrons. The highest BCUT2D eigenvalue weighted by Crippen LogP contribution is 2.55. The third-order valence-corrected chi connectivity index (χ3v) is 5.26. The zero-order chi connectivity index (χ0) is 13.1. The Kier molecular flexibility index (Phi) is 2.55. The van der Waals surface area contributed by atoms with Crippen LogP contribution in [0, 0.1) is 40.9 Å². The Hall–Kier alpha value is -0.930. The molecular formula is C12H15NO4S. The van der Waals surface area contributed by atoms with Crippen LogP contribution < -0.4 is 0 Å². The van der Waals surface area contributed by atoms with Crippen molar-refractivity contribution in [3.63, 3.8) is 0 Å². The summed E-state index contributed by atoms with van der Waals surface area (Å²) in [7, 11) is -3.53. The molecule has 0 heterocycles. The summed E-state index contributed by atoms with van der Waals surface area (Å²) in [4.78, 5) is 12.2. The van der Waals surface area contributed by atoms with Crippen molar-refractivity contribution in [2.75, 3.05) is 6.26 Å². The first kappa shape index (κ1) is 12.1. The van der Waals surface area contributed by atoms with Crippen molar-refractivity contribution in [1.82, 2.24) is 0 Å². The number of ketones is 1. The quantitative estimate of drug-likeness (QED) is 0.689. The topological polar surface area (TPSA) is 84.2 Å². The molecule has 0 N–H and O–H groups in total. The van der Waals surface area contributed by atoms with E-state index in [1.807, 2.05) is 0 Å². The Morgan fingerprint density at radius 2 is 1.89 bits per heavy atom. The van der Waals surface area contributed by atoms with Crippen LogP contribution in [0.1, 0.15) is 19.3 Å². The maximum absolute atomic E-state index is 12.2. The van der Waals surface area contributed by atoms with E-state index in [1.165, 1.54) is 0 Å². The lowest BCUT2D eigenvalue weighted by molar-refractivity contribution is -0.156. The van der Waals surface area contributed by atoms with Gasteiger partial charge in [-0.2, -0.15) is 13.7 Å². The molecule has 0 aromatic heterocycles. The summed E-state index contributed by atoms with van der Waals surface area (Å²) in [6.45, 7) is 0. The van der Waals surface area contributed by atoms with Gasteiger partial charge in [0.2, 0.25) is 0 Å². The molecule has 4 bridgehead atoms. The monoisotopic (exact) mass is 269 g/mol. The van der Waals surface area contributed by atoms with Crippen LogP contribution in [0.4, 0.5) is 0 Å². The van der Waals surface area contributed by atoms with Crippen molar-refractivity contribution < 1.29 is 17.4 Å². The Labute approximate surface area is 106 Å². The largest absolute Gasteiger partial charge is 0.299 e. The van der Waals surface area contributed by atoms with E-state index in [0.29, 0.717) is 12.8 Å². The van der Waals surface area contributed by atoms with E-state index in [4.69, 9.17) is 9.44 Å². The predicted molar refractivity (Wildman–Crippen MR) is 61.6 cm³/mol. The first-order valence-electron chi connectivity index (χ1n) is 6.22. The molecule has 18 heavy (non-hydrogen) atoms. The average Bonchev–Trinajstić information content (AvgIpc) is 2.27. The van der Waals surface area contributed by atoms with Gasteiger partial charge in [-0.25, -0.2) is 0 Å². The Morgan fingerprint density at radius 3 is 2.50 bits per heavy atom. The molecule has 0 saturated heterocycles. The fraction of sp³-hybridized carbons (Fsp3) is 0.833. The average molecular weight is 269 g/mol. The van der Waals surface area contributed by atoms with Gasteiger partial charge in [-0.05, 0) is 31.1 Å². The molecular weight excluding hydrogens is 254 g/mol. The van der Waals surface area contributed by atoms with Gasteiger partial charge in [-0.15, -0.1) is 0 Å². The number of Topliss-reactive ketones (excluding diaryl/α,β-unsaturated/α-hetero) is 1. The molecule has 4 unspecified atom stereocenters. The smallest absolute Gasteiger partial charge is 0.264 e. The number of nitrogens with zero attached hydrogens (tertiary/aromatic N) is 1. The van der Waals surface area contributed by atoms with Crippen molar-refractivity contribution in [3.05, 3.63) is 0 Å². The summed E-state index contributed by atoms with van der Waals surface area (Å²) in [5.41, 5.74) is 0. The van der Waals surface area contributed by atoms with Crippen LogP contribution in [-0.4, -0.2) is 26.6 Å². The lowest BCUT2D eigenvalue weighted by Crippen LogP contribution is -2.58. The summed E-state index contributed by atoms with van der Waals surface area (Å²) in [5.74, 6) is -0.244. The minimum absolute atomic E-state index is 0.0439. The first-order valence-corrected chi connectivity index (χ1v) is 8.04. The van der Waals surface area contributed by atoms with Gasteiger partial charge in [0.15, 0.2) is 0 Å². The highest BCUT2D eigenvalue weighted by Gasteiger charge is 2.59. The molecule has 0 aromatic carbocycles. The standard InChI is InChI=1S/C12H15NO4S/c1-18(15,16)17-12-7-2-6-3-9(12)11(14)8(4-7)10(6)5-13/h6-10,12H,2-4H2,1H3/t6?,7?,8?,9?,10-,12+/m1/s1. The number of rotatable bonds is 2. The molecule has 4 aliphatic rings. The van der Waals surface area contributed by atoms with Crippen molar-refractivity contribution in [3.8, 4) is 6.07 Å². The Balaban J connectivity index is 1.90. The molecule has 0 amide bonds. The minimum atomic E-state index is -3.53. The number of carbonyl (C=O) groups excluding carboxylic acids is 1. The van der Waals surface area contributed by atoms with E-state index in [-0.39, 0.29) is 35.4 Å². The predicted octanol–water partition coefficient (Wildman–Crippen LogP) is 0.716. The van der Waals surface area contributed by atoms with Gasteiger partial charge < -0.3 is 0 Å².